The number of aliphatic hydroxyl groups excluding tert-OH is 1. The Labute approximate surface area is 97.7 Å². The van der Waals surface area contributed by atoms with Crippen LogP contribution in [0.1, 0.15) is 23.2 Å². The van der Waals surface area contributed by atoms with Crippen molar-refractivity contribution in [3.8, 4) is 0 Å². The molecule has 0 radical (unpaired) electrons. The average Bonchev–Trinajstić information content (AvgIpc) is 2.32. The number of hydrogen-bond acceptors (Lipinski definition) is 2. The van der Waals surface area contributed by atoms with E-state index in [1.807, 2.05) is 0 Å². The molecule has 1 atom stereocenters. The molecule has 0 aromatic heterocycles. The summed E-state index contributed by atoms with van der Waals surface area (Å²) in [5.74, 6) is -2.38. The highest BCUT2D eigenvalue weighted by Crippen LogP contribution is 2.15. The van der Waals surface area contributed by atoms with Crippen LogP contribution in [0.2, 0.25) is 0 Å². The molecule has 1 amide bonds. The molecule has 2 rings (SSSR count). The second-order valence-electron chi connectivity index (χ2n) is 4.18. The third-order valence-corrected chi connectivity index (χ3v) is 2.85. The molecule has 1 N–H and O–H groups in total. The smallest absolute Gasteiger partial charge is 0.254 e. The number of carbonyl (C=O) groups excluding carboxylic acids is 1. The molecule has 1 aromatic carbocycles. The highest BCUT2D eigenvalue weighted by atomic mass is 19.2. The van der Waals surface area contributed by atoms with Gasteiger partial charge in [0, 0.05) is 18.7 Å². The number of hydrogen-bond donors (Lipinski definition) is 1. The van der Waals surface area contributed by atoms with Crippen LogP contribution in [-0.2, 0) is 0 Å². The van der Waals surface area contributed by atoms with Crippen LogP contribution >= 0.6 is 0 Å². The van der Waals surface area contributed by atoms with E-state index in [1.54, 1.807) is 0 Å². The summed E-state index contributed by atoms with van der Waals surface area (Å²) in [6, 6.07) is 3.07. The molecule has 1 aliphatic heterocycles. The average molecular weight is 241 g/mol. The Hall–Kier alpha value is -1.49. The summed E-state index contributed by atoms with van der Waals surface area (Å²) in [7, 11) is 0. The fourth-order valence-electron chi connectivity index (χ4n) is 1.95. The van der Waals surface area contributed by atoms with Crippen LogP contribution in [0.25, 0.3) is 0 Å². The molecule has 0 bridgehead atoms. The summed E-state index contributed by atoms with van der Waals surface area (Å²) in [6.45, 7) is 0.784. The maximum Gasteiger partial charge on any atom is 0.254 e. The van der Waals surface area contributed by atoms with E-state index in [4.69, 9.17) is 0 Å². The molecule has 1 saturated heterocycles. The Morgan fingerprint density at radius 2 is 2.12 bits per heavy atom. The lowest BCUT2D eigenvalue weighted by Gasteiger charge is -2.30. The van der Waals surface area contributed by atoms with Crippen molar-refractivity contribution in [2.75, 3.05) is 13.1 Å². The van der Waals surface area contributed by atoms with Gasteiger partial charge >= 0.3 is 0 Å². The first kappa shape index (κ1) is 12.0. The second-order valence-corrected chi connectivity index (χ2v) is 4.18. The van der Waals surface area contributed by atoms with E-state index in [2.05, 4.69) is 0 Å². The molecule has 3 nitrogen and oxygen atoms in total. The number of carbonyl (C=O) groups is 1. The molecule has 0 saturated carbocycles. The summed E-state index contributed by atoms with van der Waals surface area (Å²) in [4.78, 5) is 13.4. The van der Waals surface area contributed by atoms with E-state index in [9.17, 15) is 18.7 Å². The van der Waals surface area contributed by atoms with E-state index in [1.165, 1.54) is 11.0 Å². The number of aliphatic hydroxyl groups is 1. The van der Waals surface area contributed by atoms with Gasteiger partial charge in [-0.25, -0.2) is 8.78 Å². The standard InChI is InChI=1S/C12H13F2NO2/c13-10-4-3-8(6-11(10)14)12(17)15-5-1-2-9(16)7-15/h3-4,6,9,16H,1-2,5,7H2/t9-/m1/s1. The zero-order chi connectivity index (χ0) is 12.4. The van der Waals surface area contributed by atoms with Crippen molar-refractivity contribution in [2.24, 2.45) is 0 Å². The van der Waals surface area contributed by atoms with Gasteiger partial charge in [-0.3, -0.25) is 4.79 Å². The van der Waals surface area contributed by atoms with Crippen molar-refractivity contribution < 1.29 is 18.7 Å². The molecule has 17 heavy (non-hydrogen) atoms. The highest BCUT2D eigenvalue weighted by molar-refractivity contribution is 5.94. The van der Waals surface area contributed by atoms with E-state index in [0.29, 0.717) is 13.0 Å². The first-order valence-electron chi connectivity index (χ1n) is 5.50. The number of benzene rings is 1. The van der Waals surface area contributed by atoms with Gasteiger partial charge in [0.1, 0.15) is 0 Å². The lowest BCUT2D eigenvalue weighted by molar-refractivity contribution is 0.0473. The maximum absolute atomic E-state index is 13.0. The normalized spacial score (nSPS) is 20.4. The molecule has 1 fully saturated rings. The summed E-state index contributed by atoms with van der Waals surface area (Å²) in [5.41, 5.74) is 0.109. The largest absolute Gasteiger partial charge is 0.391 e. The third-order valence-electron chi connectivity index (χ3n) is 2.85. The molecule has 1 heterocycles. The predicted octanol–water partition coefficient (Wildman–Crippen LogP) is 1.56. The van der Waals surface area contributed by atoms with Crippen molar-refractivity contribution in [3.05, 3.63) is 35.4 Å². The first-order valence-corrected chi connectivity index (χ1v) is 5.50. The lowest BCUT2D eigenvalue weighted by Crippen LogP contribution is -2.42. The quantitative estimate of drug-likeness (QED) is 0.810. The highest BCUT2D eigenvalue weighted by Gasteiger charge is 2.23. The maximum atomic E-state index is 13.0. The van der Waals surface area contributed by atoms with E-state index in [0.717, 1.165) is 18.6 Å². The number of piperidine rings is 1. The number of β-amino-alcohol motifs (C(OH)–C–C–N with tert-alkyl or cyclic N) is 1. The zero-order valence-corrected chi connectivity index (χ0v) is 9.20. The Balaban J connectivity index is 2.15. The third kappa shape index (κ3) is 2.61. The Morgan fingerprint density at radius 1 is 1.35 bits per heavy atom. The molecule has 0 unspecified atom stereocenters. The van der Waals surface area contributed by atoms with Gasteiger partial charge in [-0.1, -0.05) is 0 Å². The van der Waals surface area contributed by atoms with Crippen LogP contribution in [0.4, 0.5) is 8.78 Å². The van der Waals surface area contributed by atoms with Gasteiger partial charge < -0.3 is 10.0 Å². The van der Waals surface area contributed by atoms with Crippen molar-refractivity contribution in [1.82, 2.24) is 4.90 Å². The van der Waals surface area contributed by atoms with Gasteiger partial charge in [0.25, 0.3) is 5.91 Å². The Morgan fingerprint density at radius 3 is 2.76 bits per heavy atom. The SMILES string of the molecule is O=C(c1ccc(F)c(F)c1)N1CCC[C@@H](O)C1. The molecule has 0 spiro atoms. The molecule has 5 heteroatoms. The predicted molar refractivity (Wildman–Crippen MR) is 57.5 cm³/mol. The van der Waals surface area contributed by atoms with Gasteiger partial charge in [0.15, 0.2) is 11.6 Å². The lowest BCUT2D eigenvalue weighted by atomic mass is 10.1. The van der Waals surface area contributed by atoms with E-state index in [-0.39, 0.29) is 18.0 Å². The van der Waals surface area contributed by atoms with Crippen LogP contribution in [0.3, 0.4) is 0 Å². The number of rotatable bonds is 1. The van der Waals surface area contributed by atoms with Gasteiger partial charge in [0.2, 0.25) is 0 Å². The number of likely N-dealkylation sites (tertiary alicyclic amines) is 1. The topological polar surface area (TPSA) is 40.5 Å². The van der Waals surface area contributed by atoms with Gasteiger partial charge in [-0.2, -0.15) is 0 Å². The molecule has 1 aromatic rings. The van der Waals surface area contributed by atoms with Gasteiger partial charge in [0.05, 0.1) is 6.10 Å². The number of amides is 1. The number of halogens is 2. The Bertz CT molecular complexity index is 437. The second kappa shape index (κ2) is 4.79. The molecule has 0 aliphatic carbocycles. The monoisotopic (exact) mass is 241 g/mol. The minimum atomic E-state index is -1.03. The van der Waals surface area contributed by atoms with Crippen molar-refractivity contribution >= 4 is 5.91 Å². The number of nitrogens with zero attached hydrogens (tertiary/aromatic N) is 1. The molecular formula is C12H13F2NO2. The van der Waals surface area contributed by atoms with Crippen LogP contribution in [0, 0.1) is 11.6 Å². The zero-order valence-electron chi connectivity index (χ0n) is 9.20. The fraction of sp³-hybridized carbons (Fsp3) is 0.417. The van der Waals surface area contributed by atoms with Crippen molar-refractivity contribution in [1.29, 1.82) is 0 Å². The van der Waals surface area contributed by atoms with Gasteiger partial charge in [-0.05, 0) is 31.0 Å². The van der Waals surface area contributed by atoms with Crippen molar-refractivity contribution in [3.63, 3.8) is 0 Å². The first-order chi connectivity index (χ1) is 8.08. The van der Waals surface area contributed by atoms with Crippen LogP contribution in [0.15, 0.2) is 18.2 Å². The molecule has 1 aliphatic rings. The summed E-state index contributed by atoms with van der Waals surface area (Å²) < 4.78 is 25.7. The minimum absolute atomic E-state index is 0.109. The summed E-state index contributed by atoms with van der Waals surface area (Å²) in [6.07, 6.45) is 0.857. The molecule has 92 valence electrons. The van der Waals surface area contributed by atoms with Gasteiger partial charge in [-0.15, -0.1) is 0 Å². The minimum Gasteiger partial charge on any atom is -0.391 e. The summed E-state index contributed by atoms with van der Waals surface area (Å²) in [5, 5.41) is 9.45. The van der Waals surface area contributed by atoms with E-state index >= 15 is 0 Å². The van der Waals surface area contributed by atoms with Crippen LogP contribution in [-0.4, -0.2) is 35.1 Å². The van der Waals surface area contributed by atoms with Crippen LogP contribution < -0.4 is 0 Å². The fourth-order valence-corrected chi connectivity index (χ4v) is 1.95. The van der Waals surface area contributed by atoms with Crippen LogP contribution in [0.5, 0.6) is 0 Å². The summed E-state index contributed by atoms with van der Waals surface area (Å²) >= 11 is 0. The van der Waals surface area contributed by atoms with Crippen molar-refractivity contribution in [2.45, 2.75) is 18.9 Å². The Kier molecular flexibility index (Phi) is 3.38. The van der Waals surface area contributed by atoms with E-state index < -0.39 is 17.7 Å². The molecular weight excluding hydrogens is 228 g/mol.